The van der Waals surface area contributed by atoms with Gasteiger partial charge in [0.15, 0.2) is 5.75 Å². The Morgan fingerprint density at radius 2 is 2.00 bits per heavy atom. The van der Waals surface area contributed by atoms with Gasteiger partial charge in [0.05, 0.1) is 11.6 Å². The van der Waals surface area contributed by atoms with Gasteiger partial charge in [-0.1, -0.05) is 12.1 Å². The summed E-state index contributed by atoms with van der Waals surface area (Å²) in [6, 6.07) is 11.4. The van der Waals surface area contributed by atoms with Crippen LogP contribution in [0.3, 0.4) is 0 Å². The molecule has 0 saturated heterocycles. The smallest absolute Gasteiger partial charge is 0.153 e. The van der Waals surface area contributed by atoms with Crippen LogP contribution in [-0.4, -0.2) is 0 Å². The third-order valence-electron chi connectivity index (χ3n) is 2.55. The Hall–Kier alpha value is -2.54. The molecule has 18 heavy (non-hydrogen) atoms. The Morgan fingerprint density at radius 1 is 1.22 bits per heavy atom. The zero-order chi connectivity index (χ0) is 13.1. The molecule has 0 unspecified atom stereocenters. The zero-order valence-corrected chi connectivity index (χ0v) is 9.77. The molecule has 2 aromatic rings. The van der Waals surface area contributed by atoms with Gasteiger partial charge in [-0.3, -0.25) is 0 Å². The summed E-state index contributed by atoms with van der Waals surface area (Å²) in [6.07, 6.45) is 0. The Labute approximate surface area is 104 Å². The summed E-state index contributed by atoms with van der Waals surface area (Å²) in [5.41, 5.74) is 6.87. The Balaban J connectivity index is 2.40. The number of rotatable bonds is 2. The maximum absolute atomic E-state index is 13.3. The van der Waals surface area contributed by atoms with E-state index in [-0.39, 0.29) is 11.4 Å². The molecule has 2 aromatic carbocycles. The van der Waals surface area contributed by atoms with E-state index in [9.17, 15) is 4.39 Å². The summed E-state index contributed by atoms with van der Waals surface area (Å²) in [7, 11) is 0. The van der Waals surface area contributed by atoms with E-state index in [1.165, 1.54) is 12.1 Å². The number of hydrogen-bond acceptors (Lipinski definition) is 3. The van der Waals surface area contributed by atoms with Crippen molar-refractivity contribution < 1.29 is 9.13 Å². The second-order valence-electron chi connectivity index (χ2n) is 3.85. The predicted molar refractivity (Wildman–Crippen MR) is 66.8 cm³/mol. The molecule has 4 heteroatoms. The van der Waals surface area contributed by atoms with Gasteiger partial charge >= 0.3 is 0 Å². The lowest BCUT2D eigenvalue weighted by Crippen LogP contribution is -1.96. The maximum atomic E-state index is 13.3. The molecule has 0 bridgehead atoms. The van der Waals surface area contributed by atoms with Gasteiger partial charge < -0.3 is 10.5 Å². The van der Waals surface area contributed by atoms with Crippen molar-refractivity contribution in [3.63, 3.8) is 0 Å². The van der Waals surface area contributed by atoms with Crippen molar-refractivity contribution in [3.8, 4) is 17.6 Å². The van der Waals surface area contributed by atoms with Crippen LogP contribution in [-0.2, 0) is 0 Å². The van der Waals surface area contributed by atoms with E-state index in [4.69, 9.17) is 15.7 Å². The number of nitrogens with two attached hydrogens (primary N) is 1. The van der Waals surface area contributed by atoms with E-state index in [0.717, 1.165) is 5.56 Å². The fourth-order valence-corrected chi connectivity index (χ4v) is 1.50. The van der Waals surface area contributed by atoms with Crippen LogP contribution in [0, 0.1) is 24.1 Å². The summed E-state index contributed by atoms with van der Waals surface area (Å²) in [5, 5.41) is 8.83. The molecule has 2 N–H and O–H groups in total. The number of ether oxygens (including phenoxy) is 1. The highest BCUT2D eigenvalue weighted by atomic mass is 19.1. The fraction of sp³-hybridized carbons (Fsp3) is 0.0714. The number of benzene rings is 2. The van der Waals surface area contributed by atoms with Crippen molar-refractivity contribution in [2.75, 3.05) is 5.73 Å². The second kappa shape index (κ2) is 4.76. The molecule has 0 saturated carbocycles. The van der Waals surface area contributed by atoms with Crippen molar-refractivity contribution in [2.24, 2.45) is 0 Å². The molecule has 0 heterocycles. The third kappa shape index (κ3) is 2.25. The largest absolute Gasteiger partial charge is 0.455 e. The molecule has 2 rings (SSSR count). The Bertz CT molecular complexity index is 632. The summed E-state index contributed by atoms with van der Waals surface area (Å²) in [6.45, 7) is 1.84. The third-order valence-corrected chi connectivity index (χ3v) is 2.55. The quantitative estimate of drug-likeness (QED) is 0.821. The van der Waals surface area contributed by atoms with E-state index in [1.54, 1.807) is 24.3 Å². The maximum Gasteiger partial charge on any atom is 0.153 e. The molecular formula is C14H11FN2O. The number of nitrogens with zero attached hydrogens (tertiary/aromatic N) is 1. The minimum atomic E-state index is -0.526. The normalized spacial score (nSPS) is 9.83. The van der Waals surface area contributed by atoms with E-state index in [1.807, 2.05) is 13.0 Å². The highest BCUT2D eigenvalue weighted by molar-refractivity contribution is 5.55. The van der Waals surface area contributed by atoms with Gasteiger partial charge in [0.25, 0.3) is 0 Å². The standard InChI is InChI=1S/C14H11FN2O/c1-9-5-6-10(8-16)7-13(9)18-12-4-2-3-11(15)14(12)17/h2-7H,17H2,1H3. The van der Waals surface area contributed by atoms with Gasteiger partial charge in [0.2, 0.25) is 0 Å². The molecule has 0 fully saturated rings. The molecule has 0 amide bonds. The molecule has 0 aliphatic rings. The first kappa shape index (κ1) is 11.9. The number of nitrogen functional groups attached to an aromatic ring is 1. The van der Waals surface area contributed by atoms with Crippen molar-refractivity contribution in [1.29, 1.82) is 5.26 Å². The number of hydrogen-bond donors (Lipinski definition) is 1. The Kier molecular flexibility index (Phi) is 3.16. The summed E-state index contributed by atoms with van der Waals surface area (Å²) < 4.78 is 18.8. The van der Waals surface area contributed by atoms with Gasteiger partial charge in [-0.25, -0.2) is 4.39 Å². The minimum absolute atomic E-state index is 0.0424. The van der Waals surface area contributed by atoms with Crippen LogP contribution >= 0.6 is 0 Å². The van der Waals surface area contributed by atoms with Gasteiger partial charge in [0, 0.05) is 0 Å². The highest BCUT2D eigenvalue weighted by Crippen LogP contribution is 2.31. The number of halogens is 1. The lowest BCUT2D eigenvalue weighted by Gasteiger charge is -2.11. The lowest BCUT2D eigenvalue weighted by molar-refractivity contribution is 0.476. The van der Waals surface area contributed by atoms with Gasteiger partial charge in [0.1, 0.15) is 17.3 Å². The topological polar surface area (TPSA) is 59.0 Å². The van der Waals surface area contributed by atoms with E-state index < -0.39 is 5.82 Å². The average molecular weight is 242 g/mol. The van der Waals surface area contributed by atoms with Crippen LogP contribution in [0.2, 0.25) is 0 Å². The highest BCUT2D eigenvalue weighted by Gasteiger charge is 2.08. The van der Waals surface area contributed by atoms with Crippen molar-refractivity contribution in [2.45, 2.75) is 6.92 Å². The molecule has 90 valence electrons. The van der Waals surface area contributed by atoms with Crippen LogP contribution in [0.25, 0.3) is 0 Å². The van der Waals surface area contributed by atoms with Crippen molar-refractivity contribution in [3.05, 3.63) is 53.3 Å². The first-order valence-electron chi connectivity index (χ1n) is 5.34. The molecular weight excluding hydrogens is 231 g/mol. The molecule has 0 radical (unpaired) electrons. The Morgan fingerprint density at radius 3 is 2.72 bits per heavy atom. The van der Waals surface area contributed by atoms with Gasteiger partial charge in [-0.05, 0) is 36.8 Å². The summed E-state index contributed by atoms with van der Waals surface area (Å²) >= 11 is 0. The molecule has 0 atom stereocenters. The number of nitriles is 1. The first-order valence-corrected chi connectivity index (χ1v) is 5.34. The van der Waals surface area contributed by atoms with Crippen LogP contribution in [0.1, 0.15) is 11.1 Å². The number of aryl methyl sites for hydroxylation is 1. The van der Waals surface area contributed by atoms with E-state index in [0.29, 0.717) is 11.3 Å². The fourth-order valence-electron chi connectivity index (χ4n) is 1.50. The van der Waals surface area contributed by atoms with Crippen molar-refractivity contribution in [1.82, 2.24) is 0 Å². The predicted octanol–water partition coefficient (Wildman–Crippen LogP) is 3.38. The molecule has 0 aromatic heterocycles. The van der Waals surface area contributed by atoms with Gasteiger partial charge in [-0.2, -0.15) is 5.26 Å². The number of anilines is 1. The van der Waals surface area contributed by atoms with E-state index in [2.05, 4.69) is 0 Å². The summed E-state index contributed by atoms with van der Waals surface area (Å²) in [4.78, 5) is 0. The first-order chi connectivity index (χ1) is 8.61. The average Bonchev–Trinajstić information content (AvgIpc) is 2.37. The minimum Gasteiger partial charge on any atom is -0.455 e. The zero-order valence-electron chi connectivity index (χ0n) is 9.77. The molecule has 0 aliphatic heterocycles. The van der Waals surface area contributed by atoms with Crippen LogP contribution in [0.5, 0.6) is 11.5 Å². The van der Waals surface area contributed by atoms with Crippen molar-refractivity contribution >= 4 is 5.69 Å². The summed E-state index contributed by atoms with van der Waals surface area (Å²) in [5.74, 6) is 0.209. The lowest BCUT2D eigenvalue weighted by atomic mass is 10.1. The molecule has 0 spiro atoms. The van der Waals surface area contributed by atoms with Crippen LogP contribution < -0.4 is 10.5 Å². The second-order valence-corrected chi connectivity index (χ2v) is 3.85. The van der Waals surface area contributed by atoms with Crippen LogP contribution in [0.15, 0.2) is 36.4 Å². The molecule has 3 nitrogen and oxygen atoms in total. The molecule has 0 aliphatic carbocycles. The van der Waals surface area contributed by atoms with Gasteiger partial charge in [-0.15, -0.1) is 0 Å². The van der Waals surface area contributed by atoms with Crippen LogP contribution in [0.4, 0.5) is 10.1 Å². The number of para-hydroxylation sites is 1. The monoisotopic (exact) mass is 242 g/mol. The van der Waals surface area contributed by atoms with E-state index >= 15 is 0 Å². The SMILES string of the molecule is Cc1ccc(C#N)cc1Oc1cccc(F)c1N.